The Hall–Kier alpha value is -3.53. The highest BCUT2D eigenvalue weighted by molar-refractivity contribution is 7.99. The summed E-state index contributed by atoms with van der Waals surface area (Å²) in [4.78, 5) is 26.0. The summed E-state index contributed by atoms with van der Waals surface area (Å²) < 4.78 is 13.3. The smallest absolute Gasteiger partial charge is 0.237 e. The van der Waals surface area contributed by atoms with Gasteiger partial charge in [0.1, 0.15) is 13.2 Å². The van der Waals surface area contributed by atoms with E-state index in [0.29, 0.717) is 35.6 Å². The van der Waals surface area contributed by atoms with Gasteiger partial charge < -0.3 is 20.1 Å². The van der Waals surface area contributed by atoms with Gasteiger partial charge in [0, 0.05) is 12.6 Å². The van der Waals surface area contributed by atoms with Gasteiger partial charge in [-0.2, -0.15) is 0 Å². The SMILES string of the molecule is Cc1cccc(-c2nnc(SCC(=O)N(C)C[C@@H]3COc4ccccc4O3)n2CC(N)=O)c1. The van der Waals surface area contributed by atoms with Gasteiger partial charge in [-0.05, 0) is 25.1 Å². The van der Waals surface area contributed by atoms with Gasteiger partial charge in [0.05, 0.1) is 12.3 Å². The third kappa shape index (κ3) is 5.46. The number of nitrogens with two attached hydrogens (primary N) is 1. The number of ether oxygens (including phenoxy) is 2. The van der Waals surface area contributed by atoms with Crippen molar-refractivity contribution in [3.63, 3.8) is 0 Å². The van der Waals surface area contributed by atoms with Crippen LogP contribution in [-0.2, 0) is 16.1 Å². The van der Waals surface area contributed by atoms with E-state index in [0.717, 1.165) is 11.1 Å². The average Bonchev–Trinajstić information content (AvgIpc) is 3.19. The van der Waals surface area contributed by atoms with Crippen molar-refractivity contribution in [1.29, 1.82) is 0 Å². The highest BCUT2D eigenvalue weighted by Gasteiger charge is 2.24. The zero-order chi connectivity index (χ0) is 23.4. The predicted octanol–water partition coefficient (Wildman–Crippen LogP) is 2.13. The summed E-state index contributed by atoms with van der Waals surface area (Å²) in [5.41, 5.74) is 7.33. The van der Waals surface area contributed by atoms with Crippen molar-refractivity contribution in [3.8, 4) is 22.9 Å². The Balaban J connectivity index is 1.40. The fraction of sp³-hybridized carbons (Fsp3) is 0.304. The second kappa shape index (κ2) is 9.95. The molecular weight excluding hydrogens is 442 g/mol. The molecule has 9 nitrogen and oxygen atoms in total. The maximum atomic E-state index is 12.8. The molecule has 1 aromatic heterocycles. The summed E-state index contributed by atoms with van der Waals surface area (Å²) in [7, 11) is 1.72. The number of benzene rings is 2. The van der Waals surface area contributed by atoms with Crippen LogP contribution in [0, 0.1) is 6.92 Å². The Morgan fingerprint density at radius 2 is 1.97 bits per heavy atom. The first-order valence-electron chi connectivity index (χ1n) is 10.4. The molecule has 10 heteroatoms. The highest BCUT2D eigenvalue weighted by Crippen LogP contribution is 2.31. The van der Waals surface area contributed by atoms with E-state index < -0.39 is 5.91 Å². The topological polar surface area (TPSA) is 113 Å². The predicted molar refractivity (Wildman–Crippen MR) is 124 cm³/mol. The molecule has 0 radical (unpaired) electrons. The largest absolute Gasteiger partial charge is 0.486 e. The Morgan fingerprint density at radius 3 is 2.73 bits per heavy atom. The molecule has 0 unspecified atom stereocenters. The van der Waals surface area contributed by atoms with Gasteiger partial charge in [-0.15, -0.1) is 10.2 Å². The van der Waals surface area contributed by atoms with E-state index in [1.54, 1.807) is 16.5 Å². The van der Waals surface area contributed by atoms with E-state index >= 15 is 0 Å². The van der Waals surface area contributed by atoms with Crippen LogP contribution in [-0.4, -0.2) is 63.5 Å². The third-order valence-electron chi connectivity index (χ3n) is 5.10. The number of para-hydroxylation sites is 2. The number of rotatable bonds is 8. The summed E-state index contributed by atoms with van der Waals surface area (Å²) in [6.45, 7) is 2.65. The van der Waals surface area contributed by atoms with E-state index in [9.17, 15) is 9.59 Å². The fourth-order valence-electron chi connectivity index (χ4n) is 3.49. The summed E-state index contributed by atoms with van der Waals surface area (Å²) in [6, 6.07) is 15.2. The van der Waals surface area contributed by atoms with Crippen molar-refractivity contribution in [3.05, 3.63) is 54.1 Å². The number of hydrogen-bond acceptors (Lipinski definition) is 7. The maximum absolute atomic E-state index is 12.8. The molecule has 1 atom stereocenters. The lowest BCUT2D eigenvalue weighted by atomic mass is 10.1. The Labute approximate surface area is 195 Å². The van der Waals surface area contributed by atoms with Crippen LogP contribution in [0.1, 0.15) is 5.56 Å². The summed E-state index contributed by atoms with van der Waals surface area (Å²) in [6.07, 6.45) is -0.259. The standard InChI is InChI=1S/C23H25N5O4S/c1-15-6-5-7-16(10-15)22-25-26-23(28(22)12-20(24)29)33-14-21(30)27(2)11-17-13-31-18-8-3-4-9-19(18)32-17/h3-10,17H,11-14H2,1-2H3,(H2,24,29)/t17-/m1/s1. The minimum Gasteiger partial charge on any atom is -0.486 e. The van der Waals surface area contributed by atoms with Crippen LogP contribution in [0.25, 0.3) is 11.4 Å². The molecule has 1 aliphatic rings. The number of hydrogen-bond donors (Lipinski definition) is 1. The molecule has 2 aromatic carbocycles. The van der Waals surface area contributed by atoms with Crippen molar-refractivity contribution in [2.24, 2.45) is 5.73 Å². The Morgan fingerprint density at radius 1 is 1.18 bits per heavy atom. The van der Waals surface area contributed by atoms with Crippen LogP contribution < -0.4 is 15.2 Å². The van der Waals surface area contributed by atoms with Crippen molar-refractivity contribution in [2.45, 2.75) is 24.7 Å². The third-order valence-corrected chi connectivity index (χ3v) is 6.05. The van der Waals surface area contributed by atoms with Gasteiger partial charge in [-0.3, -0.25) is 14.2 Å². The number of amides is 2. The number of likely N-dealkylation sites (N-methyl/N-ethyl adjacent to an activating group) is 1. The van der Waals surface area contributed by atoms with Gasteiger partial charge in [-0.25, -0.2) is 0 Å². The monoisotopic (exact) mass is 467 g/mol. The first-order valence-corrected chi connectivity index (χ1v) is 11.4. The van der Waals surface area contributed by atoms with Gasteiger partial charge in [0.25, 0.3) is 0 Å². The molecule has 0 saturated carbocycles. The van der Waals surface area contributed by atoms with E-state index in [1.807, 2.05) is 55.5 Å². The molecule has 4 rings (SSSR count). The van der Waals surface area contributed by atoms with Crippen LogP contribution in [0.15, 0.2) is 53.7 Å². The summed E-state index contributed by atoms with van der Waals surface area (Å²) in [5.74, 6) is 1.43. The van der Waals surface area contributed by atoms with Gasteiger partial charge >= 0.3 is 0 Å². The Bertz CT molecular complexity index is 1170. The summed E-state index contributed by atoms with van der Waals surface area (Å²) >= 11 is 1.21. The van der Waals surface area contributed by atoms with Crippen LogP contribution in [0.4, 0.5) is 0 Å². The molecule has 2 N–H and O–H groups in total. The van der Waals surface area contributed by atoms with E-state index in [4.69, 9.17) is 15.2 Å². The van der Waals surface area contributed by atoms with Gasteiger partial charge in [0.2, 0.25) is 11.8 Å². The second-order valence-corrected chi connectivity index (χ2v) is 8.73. The molecule has 0 saturated heterocycles. The molecule has 0 fully saturated rings. The first-order chi connectivity index (χ1) is 15.9. The summed E-state index contributed by atoms with van der Waals surface area (Å²) in [5, 5.41) is 8.90. The minimum atomic E-state index is -0.510. The normalized spacial score (nSPS) is 14.7. The first kappa shape index (κ1) is 22.7. The lowest BCUT2D eigenvalue weighted by Crippen LogP contribution is -2.42. The number of primary amides is 1. The van der Waals surface area contributed by atoms with E-state index in [-0.39, 0.29) is 24.3 Å². The van der Waals surface area contributed by atoms with Crippen molar-refractivity contribution < 1.29 is 19.1 Å². The zero-order valence-electron chi connectivity index (χ0n) is 18.4. The van der Waals surface area contributed by atoms with Gasteiger partial charge in [-0.1, -0.05) is 47.7 Å². The van der Waals surface area contributed by atoms with Crippen molar-refractivity contribution in [1.82, 2.24) is 19.7 Å². The van der Waals surface area contributed by atoms with Crippen molar-refractivity contribution in [2.75, 3.05) is 26.0 Å². The fourth-order valence-corrected chi connectivity index (χ4v) is 4.37. The van der Waals surface area contributed by atoms with Crippen LogP contribution >= 0.6 is 11.8 Å². The lowest BCUT2D eigenvalue weighted by molar-refractivity contribution is -0.128. The number of carbonyl (C=O) groups excluding carboxylic acids is 2. The molecule has 0 bridgehead atoms. The number of thioether (sulfide) groups is 1. The molecular formula is C23H25N5O4S. The van der Waals surface area contributed by atoms with Crippen LogP contribution in [0.2, 0.25) is 0 Å². The number of aromatic nitrogens is 3. The van der Waals surface area contributed by atoms with Crippen LogP contribution in [0.3, 0.4) is 0 Å². The lowest BCUT2D eigenvalue weighted by Gasteiger charge is -2.29. The Kier molecular flexibility index (Phi) is 6.83. The zero-order valence-corrected chi connectivity index (χ0v) is 19.2. The average molecular weight is 468 g/mol. The van der Waals surface area contributed by atoms with E-state index in [1.165, 1.54) is 11.8 Å². The molecule has 2 heterocycles. The second-order valence-electron chi connectivity index (χ2n) is 7.79. The number of fused-ring (bicyclic) bond motifs is 1. The quantitative estimate of drug-likeness (QED) is 0.505. The number of nitrogens with zero attached hydrogens (tertiary/aromatic N) is 4. The number of carbonyl (C=O) groups is 2. The molecule has 2 amide bonds. The molecule has 172 valence electrons. The molecule has 1 aliphatic heterocycles. The van der Waals surface area contributed by atoms with Gasteiger partial charge in [0.15, 0.2) is 28.6 Å². The van der Waals surface area contributed by atoms with Crippen molar-refractivity contribution >= 4 is 23.6 Å². The maximum Gasteiger partial charge on any atom is 0.237 e. The minimum absolute atomic E-state index is 0.0741. The highest BCUT2D eigenvalue weighted by atomic mass is 32.2. The molecule has 0 spiro atoms. The molecule has 0 aliphatic carbocycles. The molecule has 3 aromatic rings. The molecule has 33 heavy (non-hydrogen) atoms. The number of aryl methyl sites for hydroxylation is 1. The van der Waals surface area contributed by atoms with E-state index in [2.05, 4.69) is 10.2 Å². The van der Waals surface area contributed by atoms with Crippen LogP contribution in [0.5, 0.6) is 11.5 Å².